The third kappa shape index (κ3) is 3.31. The quantitative estimate of drug-likeness (QED) is 0.822. The lowest BCUT2D eigenvalue weighted by atomic mass is 9.95. The highest BCUT2D eigenvalue weighted by Crippen LogP contribution is 2.37. The molecule has 0 spiro atoms. The summed E-state index contributed by atoms with van der Waals surface area (Å²) in [6.07, 6.45) is 1.19. The number of benzene rings is 1. The Hall–Kier alpha value is -2.43. The fourth-order valence-corrected chi connectivity index (χ4v) is 4.69. The number of hydrogen-bond acceptors (Lipinski definition) is 4. The predicted octanol–water partition coefficient (Wildman–Crippen LogP) is 2.73. The zero-order valence-electron chi connectivity index (χ0n) is 14.7. The zero-order chi connectivity index (χ0) is 19.2. The Kier molecular flexibility index (Phi) is 4.41. The van der Waals surface area contributed by atoms with Crippen molar-refractivity contribution < 1.29 is 18.0 Å². The SMILES string of the molecule is N#CN1[C@H]2CC[C@@H]1[C@H](NC(=O)C1CCN(c3cccc(C(F)(F)F)c3)C1)C2. The second kappa shape index (κ2) is 6.63. The maximum absolute atomic E-state index is 12.9. The van der Waals surface area contributed by atoms with E-state index in [0.717, 1.165) is 31.4 Å². The summed E-state index contributed by atoms with van der Waals surface area (Å²) in [7, 11) is 0. The number of fused-ring (bicyclic) bond motifs is 2. The van der Waals surface area contributed by atoms with Gasteiger partial charge in [0.1, 0.15) is 0 Å². The highest BCUT2D eigenvalue weighted by atomic mass is 19.4. The Morgan fingerprint density at radius 1 is 1.26 bits per heavy atom. The maximum atomic E-state index is 12.9. The van der Waals surface area contributed by atoms with Gasteiger partial charge >= 0.3 is 6.18 Å². The summed E-state index contributed by atoms with van der Waals surface area (Å²) >= 11 is 0. The summed E-state index contributed by atoms with van der Waals surface area (Å²) in [6.45, 7) is 0.969. The number of alkyl halides is 3. The van der Waals surface area contributed by atoms with Crippen molar-refractivity contribution in [2.75, 3.05) is 18.0 Å². The first-order valence-electron chi connectivity index (χ1n) is 9.27. The number of halogens is 3. The fraction of sp³-hybridized carbons (Fsp3) is 0.579. The molecule has 0 aliphatic carbocycles. The number of carbonyl (C=O) groups excluding carboxylic acids is 1. The monoisotopic (exact) mass is 378 g/mol. The summed E-state index contributed by atoms with van der Waals surface area (Å²) in [4.78, 5) is 16.3. The summed E-state index contributed by atoms with van der Waals surface area (Å²) in [6, 6.07) is 5.56. The van der Waals surface area contributed by atoms with Crippen LogP contribution < -0.4 is 10.2 Å². The van der Waals surface area contributed by atoms with Crippen LogP contribution in [0.3, 0.4) is 0 Å². The van der Waals surface area contributed by atoms with Gasteiger partial charge in [-0.05, 0) is 43.9 Å². The molecule has 2 bridgehead atoms. The molecule has 3 heterocycles. The lowest BCUT2D eigenvalue weighted by Gasteiger charge is -2.24. The van der Waals surface area contributed by atoms with Crippen molar-refractivity contribution in [3.63, 3.8) is 0 Å². The van der Waals surface area contributed by atoms with E-state index in [4.69, 9.17) is 0 Å². The lowest BCUT2D eigenvalue weighted by molar-refractivity contribution is -0.137. The van der Waals surface area contributed by atoms with Gasteiger partial charge in [0.2, 0.25) is 5.91 Å². The molecule has 27 heavy (non-hydrogen) atoms. The standard InChI is InChI=1S/C19H21F3N4O/c20-19(21,22)13-2-1-3-14(8-13)25-7-6-12(10-25)18(27)24-16-9-15-4-5-17(16)26(15)11-23/h1-3,8,12,15-17H,4-7,9-10H2,(H,24,27)/t12?,15-,16+,17+/m0/s1. The van der Waals surface area contributed by atoms with Crippen molar-refractivity contribution in [1.82, 2.24) is 10.2 Å². The normalized spacial score (nSPS) is 29.9. The molecular weight excluding hydrogens is 357 g/mol. The first-order chi connectivity index (χ1) is 12.9. The molecule has 1 aromatic rings. The Bertz CT molecular complexity index is 775. The topological polar surface area (TPSA) is 59.4 Å². The molecule has 1 aromatic carbocycles. The first kappa shape index (κ1) is 18.0. The average molecular weight is 378 g/mol. The fourth-order valence-electron chi connectivity index (χ4n) is 4.69. The molecule has 3 aliphatic heterocycles. The van der Waals surface area contributed by atoms with E-state index in [1.165, 1.54) is 6.07 Å². The van der Waals surface area contributed by atoms with E-state index in [1.54, 1.807) is 11.0 Å². The van der Waals surface area contributed by atoms with E-state index in [1.807, 2.05) is 4.90 Å². The number of carbonyl (C=O) groups is 1. The van der Waals surface area contributed by atoms with Crippen LogP contribution in [0.1, 0.15) is 31.2 Å². The van der Waals surface area contributed by atoms with Crippen molar-refractivity contribution in [2.45, 2.75) is 50.0 Å². The van der Waals surface area contributed by atoms with Gasteiger partial charge in [0.25, 0.3) is 0 Å². The Morgan fingerprint density at radius 2 is 2.07 bits per heavy atom. The second-order valence-corrected chi connectivity index (χ2v) is 7.64. The zero-order valence-corrected chi connectivity index (χ0v) is 14.7. The van der Waals surface area contributed by atoms with Crippen LogP contribution in [0.2, 0.25) is 0 Å². The van der Waals surface area contributed by atoms with Crippen molar-refractivity contribution in [3.05, 3.63) is 29.8 Å². The third-order valence-electron chi connectivity index (χ3n) is 6.08. The Balaban J connectivity index is 1.37. The van der Waals surface area contributed by atoms with Gasteiger partial charge in [0, 0.05) is 24.8 Å². The minimum absolute atomic E-state index is 0.00138. The van der Waals surface area contributed by atoms with E-state index in [9.17, 15) is 23.2 Å². The van der Waals surface area contributed by atoms with Crippen molar-refractivity contribution in [3.8, 4) is 6.19 Å². The molecule has 144 valence electrons. The van der Waals surface area contributed by atoms with Gasteiger partial charge in [-0.25, -0.2) is 0 Å². The molecule has 8 heteroatoms. The molecule has 5 nitrogen and oxygen atoms in total. The van der Waals surface area contributed by atoms with Crippen molar-refractivity contribution >= 4 is 11.6 Å². The van der Waals surface area contributed by atoms with Gasteiger partial charge in [0.05, 0.1) is 23.6 Å². The largest absolute Gasteiger partial charge is 0.416 e. The number of amides is 1. The third-order valence-corrected chi connectivity index (χ3v) is 6.08. The van der Waals surface area contributed by atoms with E-state index in [2.05, 4.69) is 11.5 Å². The van der Waals surface area contributed by atoms with Crippen LogP contribution in [-0.2, 0) is 11.0 Å². The van der Waals surface area contributed by atoms with Crippen LogP contribution in [0.25, 0.3) is 0 Å². The first-order valence-corrected chi connectivity index (χ1v) is 9.27. The maximum Gasteiger partial charge on any atom is 0.416 e. The van der Waals surface area contributed by atoms with Gasteiger partial charge in [-0.1, -0.05) is 6.07 Å². The highest BCUT2D eigenvalue weighted by molar-refractivity contribution is 5.80. The van der Waals surface area contributed by atoms with E-state index in [0.29, 0.717) is 25.2 Å². The average Bonchev–Trinajstić information content (AvgIpc) is 3.35. The predicted molar refractivity (Wildman–Crippen MR) is 92.6 cm³/mol. The van der Waals surface area contributed by atoms with Crippen molar-refractivity contribution in [1.29, 1.82) is 5.26 Å². The molecule has 1 N–H and O–H groups in total. The van der Waals surface area contributed by atoms with Crippen LogP contribution >= 0.6 is 0 Å². The molecule has 4 rings (SSSR count). The van der Waals surface area contributed by atoms with Crippen LogP contribution in [0.15, 0.2) is 24.3 Å². The number of nitrogens with zero attached hydrogens (tertiary/aromatic N) is 3. The molecule has 1 amide bonds. The molecular formula is C19H21F3N4O. The van der Waals surface area contributed by atoms with Crippen LogP contribution in [0.5, 0.6) is 0 Å². The Labute approximate surface area is 155 Å². The number of hydrogen-bond donors (Lipinski definition) is 1. The number of nitriles is 1. The van der Waals surface area contributed by atoms with Gasteiger partial charge < -0.3 is 15.1 Å². The molecule has 1 unspecified atom stereocenters. The smallest absolute Gasteiger partial charge is 0.371 e. The van der Waals surface area contributed by atoms with Gasteiger partial charge in [0.15, 0.2) is 6.19 Å². The summed E-state index contributed by atoms with van der Waals surface area (Å²) in [5.41, 5.74) is -0.179. The molecule has 3 saturated heterocycles. The molecule has 3 aliphatic rings. The van der Waals surface area contributed by atoms with Crippen molar-refractivity contribution in [2.24, 2.45) is 5.92 Å². The second-order valence-electron chi connectivity index (χ2n) is 7.64. The van der Waals surface area contributed by atoms with Crippen LogP contribution in [0.4, 0.5) is 18.9 Å². The number of nitrogens with one attached hydrogen (secondary N) is 1. The molecule has 0 aromatic heterocycles. The van der Waals surface area contributed by atoms with E-state index >= 15 is 0 Å². The van der Waals surface area contributed by atoms with E-state index in [-0.39, 0.29) is 30.0 Å². The minimum Gasteiger partial charge on any atom is -0.371 e. The van der Waals surface area contributed by atoms with Crippen LogP contribution in [0, 0.1) is 17.4 Å². The summed E-state index contributed by atoms with van der Waals surface area (Å²) in [5, 5.41) is 12.3. The highest BCUT2D eigenvalue weighted by Gasteiger charge is 2.47. The van der Waals surface area contributed by atoms with Gasteiger partial charge in [-0.3, -0.25) is 4.79 Å². The molecule has 0 radical (unpaired) electrons. The number of anilines is 1. The minimum atomic E-state index is -4.37. The lowest BCUT2D eigenvalue weighted by Crippen LogP contribution is -2.46. The number of rotatable bonds is 3. The summed E-state index contributed by atoms with van der Waals surface area (Å²) < 4.78 is 38.7. The molecule has 3 fully saturated rings. The molecule has 0 saturated carbocycles. The van der Waals surface area contributed by atoms with Gasteiger partial charge in [-0.15, -0.1) is 0 Å². The Morgan fingerprint density at radius 3 is 2.78 bits per heavy atom. The molecule has 4 atom stereocenters. The van der Waals surface area contributed by atoms with Crippen LogP contribution in [-0.4, -0.2) is 42.0 Å². The summed E-state index contributed by atoms with van der Waals surface area (Å²) in [5.74, 6) is -0.297. The van der Waals surface area contributed by atoms with E-state index < -0.39 is 11.7 Å². The van der Waals surface area contributed by atoms with Gasteiger partial charge in [-0.2, -0.15) is 18.4 Å².